The van der Waals surface area contributed by atoms with E-state index in [0.29, 0.717) is 24.5 Å². The zero-order valence-electron chi connectivity index (χ0n) is 14.9. The average molecular weight is 342 g/mol. The number of Topliss-reactive ketones (excluding diaryl/α,β-unsaturated/α-hetero) is 1. The van der Waals surface area contributed by atoms with Gasteiger partial charge in [-0.3, -0.25) is 14.4 Å². The van der Waals surface area contributed by atoms with Crippen LogP contribution in [0.4, 0.5) is 0 Å². The van der Waals surface area contributed by atoms with Gasteiger partial charge in [-0.2, -0.15) is 0 Å². The summed E-state index contributed by atoms with van der Waals surface area (Å²) in [5.74, 6) is 0.260. The molecule has 0 spiro atoms. The molecule has 0 heterocycles. The molecule has 0 radical (unpaired) electrons. The Balaban J connectivity index is 1.72. The van der Waals surface area contributed by atoms with Gasteiger partial charge in [-0.05, 0) is 61.5 Å². The van der Waals surface area contributed by atoms with E-state index in [-0.39, 0.29) is 34.2 Å². The molecule has 4 heteroatoms. The molecule has 4 aliphatic rings. The summed E-state index contributed by atoms with van der Waals surface area (Å²) in [6, 6.07) is 0. The van der Waals surface area contributed by atoms with Crippen molar-refractivity contribution in [2.45, 2.75) is 52.1 Å². The van der Waals surface area contributed by atoms with E-state index >= 15 is 0 Å². The molecule has 0 aliphatic heterocycles. The third-order valence-corrected chi connectivity index (χ3v) is 7.95. The summed E-state index contributed by atoms with van der Waals surface area (Å²) in [5.41, 5.74) is 0.580. The van der Waals surface area contributed by atoms with Crippen molar-refractivity contribution in [3.8, 4) is 0 Å². The van der Waals surface area contributed by atoms with Gasteiger partial charge in [-0.25, -0.2) is 0 Å². The number of carbonyl (C=O) groups excluding carboxylic acids is 3. The Hall–Kier alpha value is -1.55. The second kappa shape index (κ2) is 5.47. The van der Waals surface area contributed by atoms with Gasteiger partial charge in [0.15, 0.2) is 17.9 Å². The zero-order chi connectivity index (χ0) is 18.0. The minimum Gasteiger partial charge on any atom is -0.393 e. The summed E-state index contributed by atoms with van der Waals surface area (Å²) < 4.78 is 0. The first kappa shape index (κ1) is 16.9. The van der Waals surface area contributed by atoms with Crippen LogP contribution in [0.3, 0.4) is 0 Å². The molecule has 4 rings (SSSR count). The number of aliphatic hydroxyl groups is 1. The highest BCUT2D eigenvalue weighted by molar-refractivity contribution is 6.26. The van der Waals surface area contributed by atoms with Crippen LogP contribution in [0.25, 0.3) is 0 Å². The summed E-state index contributed by atoms with van der Waals surface area (Å²) in [6.45, 7) is 4.25. The fourth-order valence-electron chi connectivity index (χ4n) is 6.88. The number of aldehydes is 1. The SMILES string of the molecule is C[C@]12C=CC(=O)C=C1CC[C@@H]1[C@@H]2[C@@H](O)C[C@]2(C)C(C(=O)C=O)CC[C@@H]12. The van der Waals surface area contributed by atoms with Crippen LogP contribution in [-0.2, 0) is 14.4 Å². The topological polar surface area (TPSA) is 71.4 Å². The first-order valence-electron chi connectivity index (χ1n) is 9.42. The molecule has 3 fully saturated rings. The minimum atomic E-state index is -0.516. The molecule has 3 saturated carbocycles. The van der Waals surface area contributed by atoms with Crippen molar-refractivity contribution >= 4 is 17.9 Å². The van der Waals surface area contributed by atoms with Gasteiger partial charge in [0.1, 0.15) is 0 Å². The van der Waals surface area contributed by atoms with Crippen LogP contribution < -0.4 is 0 Å². The Kier molecular flexibility index (Phi) is 3.70. The molecule has 1 N–H and O–H groups in total. The predicted octanol–water partition coefficient (Wildman–Crippen LogP) is 2.65. The minimum absolute atomic E-state index is 0.0403. The van der Waals surface area contributed by atoms with Gasteiger partial charge in [0, 0.05) is 17.3 Å². The first-order chi connectivity index (χ1) is 11.8. The Bertz CT molecular complexity index is 705. The first-order valence-corrected chi connectivity index (χ1v) is 9.42. The lowest BCUT2D eigenvalue weighted by atomic mass is 9.46. The molecular weight excluding hydrogens is 316 g/mol. The van der Waals surface area contributed by atoms with Gasteiger partial charge in [-0.1, -0.05) is 25.5 Å². The monoisotopic (exact) mass is 342 g/mol. The standard InChI is InChI=1S/C21H26O4/c1-20-8-7-13(23)9-12(20)3-4-14-15-5-6-16(18(25)11-22)21(15,2)10-17(24)19(14)20/h7-9,11,14-17,19,24H,3-6,10H2,1-2H3/t14-,15-,16?,17-,19+,20-,21-/m0/s1. The average Bonchev–Trinajstić information content (AvgIpc) is 2.91. The van der Waals surface area contributed by atoms with E-state index in [1.807, 2.05) is 6.08 Å². The lowest BCUT2D eigenvalue weighted by Gasteiger charge is -2.58. The number of hydrogen-bond donors (Lipinski definition) is 1. The van der Waals surface area contributed by atoms with E-state index in [4.69, 9.17) is 0 Å². The number of hydrogen-bond acceptors (Lipinski definition) is 4. The van der Waals surface area contributed by atoms with E-state index in [9.17, 15) is 19.5 Å². The third kappa shape index (κ3) is 2.19. The smallest absolute Gasteiger partial charge is 0.198 e. The molecule has 0 aromatic rings. The van der Waals surface area contributed by atoms with Crippen LogP contribution in [0.1, 0.15) is 46.0 Å². The lowest BCUT2D eigenvalue weighted by Crippen LogP contribution is -2.56. The summed E-state index contributed by atoms with van der Waals surface area (Å²) >= 11 is 0. The molecule has 0 amide bonds. The molecule has 134 valence electrons. The maximum absolute atomic E-state index is 12.2. The van der Waals surface area contributed by atoms with Crippen LogP contribution >= 0.6 is 0 Å². The molecule has 0 aromatic heterocycles. The van der Waals surface area contributed by atoms with Crippen molar-refractivity contribution in [2.24, 2.45) is 34.5 Å². The molecular formula is C21H26O4. The van der Waals surface area contributed by atoms with Crippen LogP contribution in [0.5, 0.6) is 0 Å². The van der Waals surface area contributed by atoms with E-state index in [2.05, 4.69) is 13.8 Å². The molecule has 7 atom stereocenters. The fourth-order valence-corrected chi connectivity index (χ4v) is 6.88. The van der Waals surface area contributed by atoms with Crippen LogP contribution in [0, 0.1) is 34.5 Å². The van der Waals surface area contributed by atoms with Gasteiger partial charge in [0.05, 0.1) is 6.10 Å². The normalized spacial score (nSPS) is 48.2. The quantitative estimate of drug-likeness (QED) is 0.619. The molecule has 0 saturated heterocycles. The number of fused-ring (bicyclic) bond motifs is 5. The predicted molar refractivity (Wildman–Crippen MR) is 92.6 cm³/mol. The number of aliphatic hydroxyl groups excluding tert-OH is 1. The molecule has 0 aromatic carbocycles. The zero-order valence-corrected chi connectivity index (χ0v) is 14.9. The van der Waals surface area contributed by atoms with Crippen molar-refractivity contribution < 1.29 is 19.5 Å². The van der Waals surface area contributed by atoms with Crippen molar-refractivity contribution in [1.29, 1.82) is 0 Å². The molecule has 25 heavy (non-hydrogen) atoms. The Morgan fingerprint density at radius 1 is 1.28 bits per heavy atom. The van der Waals surface area contributed by atoms with Gasteiger partial charge < -0.3 is 5.11 Å². The van der Waals surface area contributed by atoms with Gasteiger partial charge in [-0.15, -0.1) is 0 Å². The maximum atomic E-state index is 12.2. The van der Waals surface area contributed by atoms with E-state index in [0.717, 1.165) is 31.3 Å². The summed E-state index contributed by atoms with van der Waals surface area (Å²) in [6.07, 6.45) is 9.43. The third-order valence-electron chi connectivity index (χ3n) is 7.95. The van der Waals surface area contributed by atoms with E-state index < -0.39 is 6.10 Å². The summed E-state index contributed by atoms with van der Waals surface area (Å²) in [7, 11) is 0. The molecule has 1 unspecified atom stereocenters. The Morgan fingerprint density at radius 2 is 2.04 bits per heavy atom. The van der Waals surface area contributed by atoms with E-state index in [1.54, 1.807) is 12.2 Å². The summed E-state index contributed by atoms with van der Waals surface area (Å²) in [4.78, 5) is 35.0. The highest BCUT2D eigenvalue weighted by Crippen LogP contribution is 2.65. The largest absolute Gasteiger partial charge is 0.393 e. The maximum Gasteiger partial charge on any atom is 0.198 e. The highest BCUT2D eigenvalue weighted by Gasteiger charge is 2.62. The Morgan fingerprint density at radius 3 is 2.76 bits per heavy atom. The van der Waals surface area contributed by atoms with Crippen molar-refractivity contribution in [3.05, 3.63) is 23.8 Å². The van der Waals surface area contributed by atoms with Crippen molar-refractivity contribution in [2.75, 3.05) is 0 Å². The molecule has 4 aliphatic carbocycles. The number of rotatable bonds is 2. The number of allylic oxidation sites excluding steroid dienone is 4. The Labute approximate surface area is 148 Å². The van der Waals surface area contributed by atoms with Crippen molar-refractivity contribution in [1.82, 2.24) is 0 Å². The van der Waals surface area contributed by atoms with Crippen LogP contribution in [0.15, 0.2) is 23.8 Å². The number of ketones is 2. The molecule has 4 nitrogen and oxygen atoms in total. The van der Waals surface area contributed by atoms with Crippen LogP contribution in [0.2, 0.25) is 0 Å². The van der Waals surface area contributed by atoms with Gasteiger partial charge in [0.2, 0.25) is 0 Å². The fraction of sp³-hybridized carbons (Fsp3) is 0.667. The summed E-state index contributed by atoms with van der Waals surface area (Å²) in [5, 5.41) is 11.1. The molecule has 0 bridgehead atoms. The van der Waals surface area contributed by atoms with Gasteiger partial charge >= 0.3 is 0 Å². The van der Waals surface area contributed by atoms with Gasteiger partial charge in [0.25, 0.3) is 0 Å². The lowest BCUT2D eigenvalue weighted by molar-refractivity contribution is -0.143. The highest BCUT2D eigenvalue weighted by atomic mass is 16.3. The second-order valence-corrected chi connectivity index (χ2v) is 8.95. The number of carbonyl (C=O) groups is 3. The van der Waals surface area contributed by atoms with Crippen molar-refractivity contribution in [3.63, 3.8) is 0 Å². The second-order valence-electron chi connectivity index (χ2n) is 8.95. The van der Waals surface area contributed by atoms with Crippen LogP contribution in [-0.4, -0.2) is 29.1 Å². The van der Waals surface area contributed by atoms with E-state index in [1.165, 1.54) is 0 Å².